The molecule has 0 saturated carbocycles. The summed E-state index contributed by atoms with van der Waals surface area (Å²) in [4.78, 5) is 0.140. The lowest BCUT2D eigenvalue weighted by Crippen LogP contribution is -2.59. The molecule has 1 aliphatic heterocycles. The van der Waals surface area contributed by atoms with Crippen LogP contribution in [0.3, 0.4) is 0 Å². The first-order valence-corrected chi connectivity index (χ1v) is 8.47. The zero-order valence-electron chi connectivity index (χ0n) is 10.7. The number of aliphatic hydroxyl groups excluding tert-OH is 3. The number of ether oxygens (including phenoxy) is 1. The van der Waals surface area contributed by atoms with Gasteiger partial charge < -0.3 is 20.1 Å². The van der Waals surface area contributed by atoms with Crippen LogP contribution in [-0.2, 0) is 14.8 Å². The monoisotopic (exact) mass is 323 g/mol. The largest absolute Gasteiger partial charge is 0.388 e. The maximum absolute atomic E-state index is 11.9. The molecule has 3 unspecified atom stereocenters. The molecule has 1 aromatic heterocycles. The minimum absolute atomic E-state index is 0.140. The van der Waals surface area contributed by atoms with E-state index in [9.17, 15) is 23.7 Å². The SMILES string of the molecule is CC1O[C@H](CNS(=O)(=O)c2ccsc2)C(O)C(O)[C@@H]1O. The Kier molecular flexibility index (Phi) is 4.80. The smallest absolute Gasteiger partial charge is 0.241 e. The van der Waals surface area contributed by atoms with Crippen molar-refractivity contribution < 1.29 is 28.5 Å². The number of nitrogens with one attached hydrogen (secondary N) is 1. The molecule has 20 heavy (non-hydrogen) atoms. The molecular weight excluding hydrogens is 306 g/mol. The Morgan fingerprint density at radius 2 is 2.00 bits per heavy atom. The second-order valence-corrected chi connectivity index (χ2v) is 7.21. The van der Waals surface area contributed by atoms with Crippen molar-refractivity contribution in [2.45, 2.75) is 42.3 Å². The zero-order valence-corrected chi connectivity index (χ0v) is 12.3. The van der Waals surface area contributed by atoms with Gasteiger partial charge in [-0.1, -0.05) is 0 Å². The molecule has 4 N–H and O–H groups in total. The molecule has 0 spiro atoms. The van der Waals surface area contributed by atoms with E-state index < -0.39 is 40.5 Å². The highest BCUT2D eigenvalue weighted by molar-refractivity contribution is 7.89. The Morgan fingerprint density at radius 3 is 2.60 bits per heavy atom. The molecule has 0 aromatic carbocycles. The molecule has 114 valence electrons. The maximum Gasteiger partial charge on any atom is 0.241 e. The fraction of sp³-hybridized carbons (Fsp3) is 0.636. The molecule has 1 aliphatic rings. The maximum atomic E-state index is 11.9. The number of thiophene rings is 1. The van der Waals surface area contributed by atoms with Crippen molar-refractivity contribution in [2.24, 2.45) is 0 Å². The minimum Gasteiger partial charge on any atom is -0.388 e. The van der Waals surface area contributed by atoms with Crippen molar-refractivity contribution in [3.63, 3.8) is 0 Å². The van der Waals surface area contributed by atoms with Crippen LogP contribution in [0.5, 0.6) is 0 Å². The third kappa shape index (κ3) is 3.19. The summed E-state index contributed by atoms with van der Waals surface area (Å²) < 4.78 is 31.5. The lowest BCUT2D eigenvalue weighted by atomic mass is 9.96. The van der Waals surface area contributed by atoms with E-state index in [-0.39, 0.29) is 11.4 Å². The Balaban J connectivity index is 2.00. The molecule has 2 rings (SSSR count). The summed E-state index contributed by atoms with van der Waals surface area (Å²) >= 11 is 1.26. The van der Waals surface area contributed by atoms with E-state index in [0.29, 0.717) is 0 Å². The normalized spacial score (nSPS) is 35.1. The van der Waals surface area contributed by atoms with Gasteiger partial charge in [0, 0.05) is 11.9 Å². The van der Waals surface area contributed by atoms with Gasteiger partial charge >= 0.3 is 0 Å². The third-order valence-corrected chi connectivity index (χ3v) is 5.48. The van der Waals surface area contributed by atoms with Crippen LogP contribution >= 0.6 is 11.3 Å². The van der Waals surface area contributed by atoms with E-state index in [1.165, 1.54) is 22.8 Å². The third-order valence-electron chi connectivity index (χ3n) is 3.23. The van der Waals surface area contributed by atoms with Crippen molar-refractivity contribution in [3.8, 4) is 0 Å². The lowest BCUT2D eigenvalue weighted by Gasteiger charge is -2.39. The number of sulfonamides is 1. The van der Waals surface area contributed by atoms with Gasteiger partial charge in [-0.3, -0.25) is 0 Å². The fourth-order valence-electron chi connectivity index (χ4n) is 1.99. The highest BCUT2D eigenvalue weighted by Gasteiger charge is 2.41. The Morgan fingerprint density at radius 1 is 1.30 bits per heavy atom. The summed E-state index contributed by atoms with van der Waals surface area (Å²) in [7, 11) is -3.66. The molecule has 2 heterocycles. The van der Waals surface area contributed by atoms with Gasteiger partial charge in [0.15, 0.2) is 0 Å². The second-order valence-electron chi connectivity index (χ2n) is 4.66. The van der Waals surface area contributed by atoms with Gasteiger partial charge in [-0.05, 0) is 18.4 Å². The minimum atomic E-state index is -3.66. The summed E-state index contributed by atoms with van der Waals surface area (Å²) in [5, 5.41) is 32.1. The van der Waals surface area contributed by atoms with E-state index in [1.54, 1.807) is 12.3 Å². The summed E-state index contributed by atoms with van der Waals surface area (Å²) in [5.41, 5.74) is 0. The first kappa shape index (κ1) is 15.8. The van der Waals surface area contributed by atoms with Gasteiger partial charge in [0.1, 0.15) is 24.4 Å². The van der Waals surface area contributed by atoms with E-state index in [1.807, 2.05) is 0 Å². The van der Waals surface area contributed by atoms with Crippen molar-refractivity contribution in [1.82, 2.24) is 4.72 Å². The van der Waals surface area contributed by atoms with Crippen LogP contribution in [0.4, 0.5) is 0 Å². The van der Waals surface area contributed by atoms with E-state index in [2.05, 4.69) is 4.72 Å². The number of aliphatic hydroxyl groups is 3. The van der Waals surface area contributed by atoms with Crippen molar-refractivity contribution in [3.05, 3.63) is 16.8 Å². The Hall–Kier alpha value is -0.550. The predicted molar refractivity (Wildman–Crippen MR) is 71.9 cm³/mol. The molecule has 0 amide bonds. The summed E-state index contributed by atoms with van der Waals surface area (Å²) in [6.07, 6.45) is -5.53. The molecule has 0 radical (unpaired) electrons. The summed E-state index contributed by atoms with van der Waals surface area (Å²) in [6.45, 7) is 1.35. The molecule has 1 aromatic rings. The molecule has 9 heteroatoms. The van der Waals surface area contributed by atoms with E-state index >= 15 is 0 Å². The zero-order chi connectivity index (χ0) is 14.9. The number of rotatable bonds is 4. The topological polar surface area (TPSA) is 116 Å². The average molecular weight is 323 g/mol. The van der Waals surface area contributed by atoms with Gasteiger partial charge in [-0.2, -0.15) is 11.3 Å². The van der Waals surface area contributed by atoms with Gasteiger partial charge in [-0.15, -0.1) is 0 Å². The predicted octanol–water partition coefficient (Wildman–Crippen LogP) is -1.10. The molecule has 5 atom stereocenters. The summed E-state index contributed by atoms with van der Waals surface area (Å²) in [6, 6.07) is 1.46. The molecule has 0 aliphatic carbocycles. The summed E-state index contributed by atoms with van der Waals surface area (Å²) in [5.74, 6) is 0. The second kappa shape index (κ2) is 6.06. The quantitative estimate of drug-likeness (QED) is 0.559. The van der Waals surface area contributed by atoms with Crippen LogP contribution in [0.25, 0.3) is 0 Å². The molecule has 0 bridgehead atoms. The fourth-order valence-corrected chi connectivity index (χ4v) is 4.06. The number of hydrogen-bond donors (Lipinski definition) is 4. The van der Waals surface area contributed by atoms with Gasteiger partial charge in [-0.25, -0.2) is 13.1 Å². The molecule has 1 saturated heterocycles. The van der Waals surface area contributed by atoms with Gasteiger partial charge in [0.05, 0.1) is 11.0 Å². The molecular formula is C11H17NO6S2. The van der Waals surface area contributed by atoms with Crippen LogP contribution in [-0.4, -0.2) is 60.8 Å². The highest BCUT2D eigenvalue weighted by Crippen LogP contribution is 2.21. The van der Waals surface area contributed by atoms with E-state index in [4.69, 9.17) is 4.74 Å². The van der Waals surface area contributed by atoms with Crippen LogP contribution in [0.1, 0.15) is 6.92 Å². The van der Waals surface area contributed by atoms with Crippen molar-refractivity contribution >= 4 is 21.4 Å². The number of hydrogen-bond acceptors (Lipinski definition) is 7. The van der Waals surface area contributed by atoms with Crippen molar-refractivity contribution in [1.29, 1.82) is 0 Å². The highest BCUT2D eigenvalue weighted by atomic mass is 32.2. The lowest BCUT2D eigenvalue weighted by molar-refractivity contribution is -0.214. The van der Waals surface area contributed by atoms with Gasteiger partial charge in [0.25, 0.3) is 0 Å². The molecule has 1 fully saturated rings. The first-order valence-electron chi connectivity index (χ1n) is 6.04. The van der Waals surface area contributed by atoms with Crippen LogP contribution in [0, 0.1) is 0 Å². The van der Waals surface area contributed by atoms with Crippen LogP contribution in [0.2, 0.25) is 0 Å². The van der Waals surface area contributed by atoms with Crippen LogP contribution < -0.4 is 4.72 Å². The van der Waals surface area contributed by atoms with Crippen molar-refractivity contribution in [2.75, 3.05) is 6.54 Å². The van der Waals surface area contributed by atoms with Gasteiger partial charge in [0.2, 0.25) is 10.0 Å². The van der Waals surface area contributed by atoms with Crippen LogP contribution in [0.15, 0.2) is 21.7 Å². The Labute approximate surface area is 120 Å². The van der Waals surface area contributed by atoms with E-state index in [0.717, 1.165) is 0 Å². The first-order chi connectivity index (χ1) is 9.33. The average Bonchev–Trinajstić information content (AvgIpc) is 2.94. The molecule has 7 nitrogen and oxygen atoms in total. The Bertz CT molecular complexity index is 531. The standard InChI is InChI=1S/C11H17NO6S2/c1-6-9(13)11(15)10(14)8(18-6)4-12-20(16,17)7-2-3-19-5-7/h2-3,5-6,8-15H,4H2,1H3/t6?,8-,9-,10?,11?/m1/s1.